The first kappa shape index (κ1) is 13.7. The van der Waals surface area contributed by atoms with Crippen molar-refractivity contribution in [1.29, 1.82) is 0 Å². The number of aromatic amines is 1. The summed E-state index contributed by atoms with van der Waals surface area (Å²) in [5.74, 6) is 1.59. The van der Waals surface area contributed by atoms with E-state index in [1.807, 2.05) is 13.0 Å². The Kier molecular flexibility index (Phi) is 3.83. The molecule has 1 aromatic heterocycles. The molecule has 0 aliphatic heterocycles. The minimum Gasteiger partial charge on any atom is -0.492 e. The number of ether oxygens (including phenoxy) is 1. The average Bonchev–Trinajstić information content (AvgIpc) is 2.77. The fraction of sp³-hybridized carbons (Fsp3) is 0.562. The number of rotatable bonds is 3. The van der Waals surface area contributed by atoms with E-state index in [9.17, 15) is 0 Å². The van der Waals surface area contributed by atoms with Crippen molar-refractivity contribution in [3.8, 4) is 5.75 Å². The highest BCUT2D eigenvalue weighted by Crippen LogP contribution is 2.37. The van der Waals surface area contributed by atoms with Gasteiger partial charge in [-0.15, -0.1) is 0 Å². The van der Waals surface area contributed by atoms with Crippen molar-refractivity contribution < 1.29 is 4.74 Å². The fourth-order valence-corrected chi connectivity index (χ4v) is 3.74. The first-order chi connectivity index (χ1) is 9.72. The van der Waals surface area contributed by atoms with Crippen molar-refractivity contribution in [3.63, 3.8) is 0 Å². The normalized spacial score (nSPS) is 23.1. The molecule has 0 saturated heterocycles. The molecule has 4 heteroatoms. The molecule has 0 radical (unpaired) electrons. The molecule has 2 atom stereocenters. The minimum absolute atomic E-state index is 0.516. The lowest BCUT2D eigenvalue weighted by atomic mass is 9.85. The summed E-state index contributed by atoms with van der Waals surface area (Å²) in [5.41, 5.74) is 2.22. The molecule has 0 amide bonds. The molecule has 2 aromatic rings. The van der Waals surface area contributed by atoms with Crippen LogP contribution < -0.4 is 4.74 Å². The van der Waals surface area contributed by atoms with Gasteiger partial charge in [0.1, 0.15) is 11.3 Å². The molecule has 2 unspecified atom stereocenters. The van der Waals surface area contributed by atoms with E-state index in [-0.39, 0.29) is 0 Å². The van der Waals surface area contributed by atoms with Crippen molar-refractivity contribution in [3.05, 3.63) is 23.0 Å². The zero-order valence-electron chi connectivity index (χ0n) is 12.2. The zero-order valence-corrected chi connectivity index (χ0v) is 13.0. The SMILES string of the molecule is CCOc1cccc2c1[nH]c(=S)n2C1CCCCC1C. The number of fused-ring (bicyclic) bond motifs is 1. The van der Waals surface area contributed by atoms with Crippen LogP contribution in [0.25, 0.3) is 11.0 Å². The molecule has 1 aliphatic carbocycles. The maximum Gasteiger partial charge on any atom is 0.178 e. The second-order valence-electron chi connectivity index (χ2n) is 5.71. The lowest BCUT2D eigenvalue weighted by molar-refractivity contribution is 0.260. The van der Waals surface area contributed by atoms with Gasteiger partial charge in [-0.05, 0) is 50.0 Å². The average molecular weight is 290 g/mol. The van der Waals surface area contributed by atoms with Gasteiger partial charge >= 0.3 is 0 Å². The van der Waals surface area contributed by atoms with Crippen LogP contribution in [-0.2, 0) is 0 Å². The minimum atomic E-state index is 0.516. The summed E-state index contributed by atoms with van der Waals surface area (Å²) < 4.78 is 8.85. The number of imidazole rings is 1. The Morgan fingerprint density at radius 1 is 1.35 bits per heavy atom. The highest BCUT2D eigenvalue weighted by molar-refractivity contribution is 7.71. The molecule has 108 valence electrons. The van der Waals surface area contributed by atoms with E-state index in [1.165, 1.54) is 31.2 Å². The van der Waals surface area contributed by atoms with Gasteiger partial charge in [0.25, 0.3) is 0 Å². The van der Waals surface area contributed by atoms with Gasteiger partial charge in [-0.3, -0.25) is 0 Å². The summed E-state index contributed by atoms with van der Waals surface area (Å²) in [6.45, 7) is 5.02. The predicted octanol–water partition coefficient (Wildman–Crippen LogP) is 4.85. The largest absolute Gasteiger partial charge is 0.492 e. The fourth-order valence-electron chi connectivity index (χ4n) is 3.41. The third-order valence-corrected chi connectivity index (χ3v) is 4.71. The topological polar surface area (TPSA) is 29.9 Å². The number of H-pyrrole nitrogens is 1. The number of benzene rings is 1. The van der Waals surface area contributed by atoms with Crippen LogP contribution in [0.4, 0.5) is 0 Å². The van der Waals surface area contributed by atoms with Gasteiger partial charge in [0, 0.05) is 6.04 Å². The standard InChI is InChI=1S/C16H22N2OS/c1-3-19-14-10-6-9-13-15(14)17-16(20)18(13)12-8-5-4-7-11(12)2/h6,9-12H,3-5,7-8H2,1-2H3,(H,17,20). The van der Waals surface area contributed by atoms with Gasteiger partial charge in [0.05, 0.1) is 12.1 Å². The van der Waals surface area contributed by atoms with Crippen molar-refractivity contribution in [2.45, 2.75) is 45.6 Å². The van der Waals surface area contributed by atoms with Crippen LogP contribution in [0.1, 0.15) is 45.6 Å². The highest BCUT2D eigenvalue weighted by atomic mass is 32.1. The Hall–Kier alpha value is -1.29. The van der Waals surface area contributed by atoms with E-state index >= 15 is 0 Å². The number of hydrogen-bond donors (Lipinski definition) is 1. The van der Waals surface area contributed by atoms with E-state index in [4.69, 9.17) is 17.0 Å². The summed E-state index contributed by atoms with van der Waals surface area (Å²) in [7, 11) is 0. The summed E-state index contributed by atoms with van der Waals surface area (Å²) in [4.78, 5) is 3.35. The number of hydrogen-bond acceptors (Lipinski definition) is 2. The van der Waals surface area contributed by atoms with E-state index in [2.05, 4.69) is 28.6 Å². The van der Waals surface area contributed by atoms with Gasteiger partial charge in [0.15, 0.2) is 4.77 Å². The Morgan fingerprint density at radius 3 is 2.90 bits per heavy atom. The van der Waals surface area contributed by atoms with E-state index in [0.29, 0.717) is 18.6 Å². The van der Waals surface area contributed by atoms with Gasteiger partial charge < -0.3 is 14.3 Å². The van der Waals surface area contributed by atoms with Crippen LogP contribution in [0.5, 0.6) is 5.75 Å². The van der Waals surface area contributed by atoms with Gasteiger partial charge in [0.2, 0.25) is 0 Å². The number of para-hydroxylation sites is 1. The van der Waals surface area contributed by atoms with Crippen LogP contribution in [0.3, 0.4) is 0 Å². The monoisotopic (exact) mass is 290 g/mol. The van der Waals surface area contributed by atoms with Crippen LogP contribution in [0, 0.1) is 10.7 Å². The predicted molar refractivity (Wildman–Crippen MR) is 85.0 cm³/mol. The summed E-state index contributed by atoms with van der Waals surface area (Å²) in [5, 5.41) is 0. The lowest BCUT2D eigenvalue weighted by Gasteiger charge is -2.30. The van der Waals surface area contributed by atoms with Crippen molar-refractivity contribution >= 4 is 23.3 Å². The van der Waals surface area contributed by atoms with E-state index in [0.717, 1.165) is 16.0 Å². The molecule has 20 heavy (non-hydrogen) atoms. The quantitative estimate of drug-likeness (QED) is 0.819. The first-order valence-electron chi connectivity index (χ1n) is 7.58. The molecular formula is C16H22N2OS. The molecule has 3 rings (SSSR count). The molecule has 1 aromatic carbocycles. The van der Waals surface area contributed by atoms with Crippen molar-refractivity contribution in [2.24, 2.45) is 5.92 Å². The molecule has 1 N–H and O–H groups in total. The molecule has 1 heterocycles. The molecular weight excluding hydrogens is 268 g/mol. The smallest absolute Gasteiger partial charge is 0.178 e. The van der Waals surface area contributed by atoms with Crippen molar-refractivity contribution in [2.75, 3.05) is 6.61 Å². The van der Waals surface area contributed by atoms with Crippen LogP contribution in [-0.4, -0.2) is 16.2 Å². The van der Waals surface area contributed by atoms with E-state index < -0.39 is 0 Å². The second kappa shape index (κ2) is 5.60. The molecule has 1 saturated carbocycles. The van der Waals surface area contributed by atoms with Crippen LogP contribution in [0.2, 0.25) is 0 Å². The maximum atomic E-state index is 5.71. The van der Waals surface area contributed by atoms with Gasteiger partial charge in [-0.1, -0.05) is 25.8 Å². The summed E-state index contributed by atoms with van der Waals surface area (Å²) in [6, 6.07) is 6.72. The lowest BCUT2D eigenvalue weighted by Crippen LogP contribution is -2.21. The Bertz CT molecular complexity index is 658. The first-order valence-corrected chi connectivity index (χ1v) is 7.99. The molecule has 1 fully saturated rings. The third-order valence-electron chi connectivity index (χ3n) is 4.41. The van der Waals surface area contributed by atoms with Gasteiger partial charge in [-0.2, -0.15) is 0 Å². The third kappa shape index (κ3) is 2.26. The number of nitrogens with one attached hydrogen (secondary N) is 1. The van der Waals surface area contributed by atoms with E-state index in [1.54, 1.807) is 0 Å². The Labute approximate surface area is 125 Å². The Morgan fingerprint density at radius 2 is 2.15 bits per heavy atom. The Balaban J connectivity index is 2.13. The number of nitrogens with zero attached hydrogens (tertiary/aromatic N) is 1. The molecule has 3 nitrogen and oxygen atoms in total. The van der Waals surface area contributed by atoms with Crippen molar-refractivity contribution in [1.82, 2.24) is 9.55 Å². The number of aromatic nitrogens is 2. The van der Waals surface area contributed by atoms with Crippen LogP contribution >= 0.6 is 12.2 Å². The van der Waals surface area contributed by atoms with Gasteiger partial charge in [-0.25, -0.2) is 0 Å². The zero-order chi connectivity index (χ0) is 14.1. The summed E-state index contributed by atoms with van der Waals surface area (Å²) in [6.07, 6.45) is 5.16. The maximum absolute atomic E-state index is 5.71. The summed E-state index contributed by atoms with van der Waals surface area (Å²) >= 11 is 5.58. The second-order valence-corrected chi connectivity index (χ2v) is 6.10. The molecule has 1 aliphatic rings. The molecule has 0 spiro atoms. The highest BCUT2D eigenvalue weighted by Gasteiger charge is 2.25. The molecule has 0 bridgehead atoms. The van der Waals surface area contributed by atoms with Crippen LogP contribution in [0.15, 0.2) is 18.2 Å².